The molecule has 0 aliphatic carbocycles. The summed E-state index contributed by atoms with van der Waals surface area (Å²) in [7, 11) is 3.24. The standard InChI is InChI=1S/C11H14N4O2/c1-11(2)9(16)14(3)7-5-12-6-13-8(7)15(4)10(11)17/h5-6H,1-4H3. The lowest BCUT2D eigenvalue weighted by atomic mass is 9.90. The molecule has 0 unspecified atom stereocenters. The Labute approximate surface area is 99.3 Å². The number of hydrogen-bond donors (Lipinski definition) is 0. The maximum atomic E-state index is 12.2. The van der Waals surface area contributed by atoms with E-state index >= 15 is 0 Å². The summed E-state index contributed by atoms with van der Waals surface area (Å²) in [6.45, 7) is 3.23. The first-order valence-corrected chi connectivity index (χ1v) is 5.23. The van der Waals surface area contributed by atoms with Crippen molar-refractivity contribution in [3.8, 4) is 0 Å². The molecule has 0 saturated carbocycles. The van der Waals surface area contributed by atoms with Gasteiger partial charge in [0.25, 0.3) is 0 Å². The average Bonchev–Trinajstić information content (AvgIpc) is 2.38. The van der Waals surface area contributed by atoms with Gasteiger partial charge in [-0.3, -0.25) is 14.5 Å². The SMILES string of the molecule is CN1C(=O)C(C)(C)C(=O)N(C)c2ncncc21. The second kappa shape index (κ2) is 3.51. The highest BCUT2D eigenvalue weighted by Gasteiger charge is 2.44. The van der Waals surface area contributed by atoms with Crippen LogP contribution in [-0.2, 0) is 9.59 Å². The van der Waals surface area contributed by atoms with E-state index in [-0.39, 0.29) is 11.8 Å². The molecule has 0 bridgehead atoms. The van der Waals surface area contributed by atoms with Crippen LogP contribution in [0.5, 0.6) is 0 Å². The smallest absolute Gasteiger partial charge is 0.243 e. The van der Waals surface area contributed by atoms with E-state index in [9.17, 15) is 9.59 Å². The minimum atomic E-state index is -1.09. The number of carbonyl (C=O) groups excluding carboxylic acids is 2. The van der Waals surface area contributed by atoms with Gasteiger partial charge in [0.1, 0.15) is 17.4 Å². The lowest BCUT2D eigenvalue weighted by molar-refractivity contribution is -0.137. The van der Waals surface area contributed by atoms with Crippen molar-refractivity contribution < 1.29 is 9.59 Å². The van der Waals surface area contributed by atoms with Crippen molar-refractivity contribution in [3.63, 3.8) is 0 Å². The summed E-state index contributed by atoms with van der Waals surface area (Å²) in [6, 6.07) is 0. The highest BCUT2D eigenvalue weighted by molar-refractivity contribution is 6.19. The third kappa shape index (κ3) is 1.48. The van der Waals surface area contributed by atoms with Crippen molar-refractivity contribution in [2.75, 3.05) is 23.9 Å². The molecule has 6 nitrogen and oxygen atoms in total. The fourth-order valence-electron chi connectivity index (χ4n) is 1.95. The first-order valence-electron chi connectivity index (χ1n) is 5.23. The maximum Gasteiger partial charge on any atom is 0.243 e. The highest BCUT2D eigenvalue weighted by Crippen LogP contribution is 2.34. The number of anilines is 2. The van der Waals surface area contributed by atoms with Crippen molar-refractivity contribution in [2.24, 2.45) is 5.41 Å². The van der Waals surface area contributed by atoms with E-state index in [1.165, 1.54) is 22.3 Å². The van der Waals surface area contributed by atoms with Crippen LogP contribution in [0.4, 0.5) is 11.5 Å². The van der Waals surface area contributed by atoms with Gasteiger partial charge in [-0.1, -0.05) is 0 Å². The number of aromatic nitrogens is 2. The Bertz CT molecular complexity index is 455. The van der Waals surface area contributed by atoms with E-state index in [1.807, 2.05) is 0 Å². The van der Waals surface area contributed by atoms with Gasteiger partial charge in [-0.15, -0.1) is 0 Å². The van der Waals surface area contributed by atoms with Gasteiger partial charge in [0.05, 0.1) is 6.20 Å². The third-order valence-electron chi connectivity index (χ3n) is 3.03. The molecule has 1 aromatic heterocycles. The molecule has 1 aliphatic rings. The average molecular weight is 234 g/mol. The van der Waals surface area contributed by atoms with Crippen LogP contribution in [0.25, 0.3) is 0 Å². The molecule has 2 heterocycles. The van der Waals surface area contributed by atoms with Crippen molar-refractivity contribution in [1.82, 2.24) is 9.97 Å². The molecule has 17 heavy (non-hydrogen) atoms. The zero-order valence-corrected chi connectivity index (χ0v) is 10.3. The predicted molar refractivity (Wildman–Crippen MR) is 62.6 cm³/mol. The van der Waals surface area contributed by atoms with Crippen LogP contribution in [-0.4, -0.2) is 35.9 Å². The Morgan fingerprint density at radius 2 is 1.71 bits per heavy atom. The van der Waals surface area contributed by atoms with Crippen LogP contribution in [0.2, 0.25) is 0 Å². The third-order valence-corrected chi connectivity index (χ3v) is 3.03. The fraction of sp³-hybridized carbons (Fsp3) is 0.455. The van der Waals surface area contributed by atoms with Crippen LogP contribution in [0.1, 0.15) is 13.8 Å². The van der Waals surface area contributed by atoms with Gasteiger partial charge < -0.3 is 4.90 Å². The summed E-state index contributed by atoms with van der Waals surface area (Å²) >= 11 is 0. The summed E-state index contributed by atoms with van der Waals surface area (Å²) in [5.41, 5.74) is -0.552. The number of fused-ring (bicyclic) bond motifs is 1. The molecule has 2 amide bonds. The van der Waals surface area contributed by atoms with Crippen LogP contribution < -0.4 is 9.80 Å². The summed E-state index contributed by atoms with van der Waals surface area (Å²) in [6.07, 6.45) is 2.89. The van der Waals surface area contributed by atoms with E-state index in [4.69, 9.17) is 0 Å². The molecule has 6 heteroatoms. The molecule has 0 atom stereocenters. The molecule has 0 N–H and O–H groups in total. The maximum absolute atomic E-state index is 12.2. The number of nitrogens with zero attached hydrogens (tertiary/aromatic N) is 4. The molecule has 0 radical (unpaired) electrons. The lowest BCUT2D eigenvalue weighted by Crippen LogP contribution is -2.46. The zero-order valence-electron chi connectivity index (χ0n) is 10.3. The van der Waals surface area contributed by atoms with Gasteiger partial charge in [0, 0.05) is 14.1 Å². The first kappa shape index (κ1) is 11.5. The second-order valence-corrected chi connectivity index (χ2v) is 4.58. The first-order chi connectivity index (χ1) is 7.87. The predicted octanol–water partition coefficient (Wildman–Crippen LogP) is 0.442. The van der Waals surface area contributed by atoms with E-state index in [2.05, 4.69) is 9.97 Å². The largest absolute Gasteiger partial charge is 0.310 e. The lowest BCUT2D eigenvalue weighted by Gasteiger charge is -2.25. The van der Waals surface area contributed by atoms with Crippen LogP contribution in [0, 0.1) is 5.41 Å². The molecular formula is C11H14N4O2. The monoisotopic (exact) mass is 234 g/mol. The summed E-state index contributed by atoms with van der Waals surface area (Å²) in [5, 5.41) is 0. The summed E-state index contributed by atoms with van der Waals surface area (Å²) < 4.78 is 0. The quantitative estimate of drug-likeness (QED) is 0.611. The minimum Gasteiger partial charge on any atom is -0.310 e. The molecule has 0 aromatic carbocycles. The van der Waals surface area contributed by atoms with Crippen molar-refractivity contribution in [3.05, 3.63) is 12.5 Å². The van der Waals surface area contributed by atoms with E-state index in [0.717, 1.165) is 0 Å². The van der Waals surface area contributed by atoms with Gasteiger partial charge in [-0.2, -0.15) is 0 Å². The van der Waals surface area contributed by atoms with E-state index in [0.29, 0.717) is 11.5 Å². The Kier molecular flexibility index (Phi) is 2.38. The molecule has 0 fully saturated rings. The Morgan fingerprint density at radius 1 is 1.12 bits per heavy atom. The molecule has 1 aromatic rings. The van der Waals surface area contributed by atoms with Crippen LogP contribution in [0.3, 0.4) is 0 Å². The molecule has 0 saturated heterocycles. The van der Waals surface area contributed by atoms with E-state index < -0.39 is 5.41 Å². The van der Waals surface area contributed by atoms with Gasteiger partial charge >= 0.3 is 0 Å². The summed E-state index contributed by atoms with van der Waals surface area (Å²) in [4.78, 5) is 35.2. The van der Waals surface area contributed by atoms with Gasteiger partial charge in [0.2, 0.25) is 11.8 Å². The zero-order chi connectivity index (χ0) is 12.8. The second-order valence-electron chi connectivity index (χ2n) is 4.58. The van der Waals surface area contributed by atoms with Crippen molar-refractivity contribution in [2.45, 2.75) is 13.8 Å². The molecule has 2 rings (SSSR count). The molecular weight excluding hydrogens is 220 g/mol. The minimum absolute atomic E-state index is 0.261. The van der Waals surface area contributed by atoms with Gasteiger partial charge in [0.15, 0.2) is 5.82 Å². The molecule has 1 aliphatic heterocycles. The number of carbonyl (C=O) groups is 2. The number of hydrogen-bond acceptors (Lipinski definition) is 4. The van der Waals surface area contributed by atoms with Gasteiger partial charge in [-0.25, -0.2) is 9.97 Å². The summed E-state index contributed by atoms with van der Waals surface area (Å²) in [5.74, 6) is -0.0823. The van der Waals surface area contributed by atoms with Crippen LogP contribution in [0.15, 0.2) is 12.5 Å². The normalized spacial score (nSPS) is 19.1. The molecule has 90 valence electrons. The Morgan fingerprint density at radius 3 is 2.35 bits per heavy atom. The van der Waals surface area contributed by atoms with Crippen LogP contribution >= 0.6 is 0 Å². The topological polar surface area (TPSA) is 66.4 Å². The number of amides is 2. The fourth-order valence-corrected chi connectivity index (χ4v) is 1.95. The van der Waals surface area contributed by atoms with Crippen molar-refractivity contribution in [1.29, 1.82) is 0 Å². The van der Waals surface area contributed by atoms with Crippen molar-refractivity contribution >= 4 is 23.3 Å². The van der Waals surface area contributed by atoms with Gasteiger partial charge in [-0.05, 0) is 13.8 Å². The number of rotatable bonds is 0. The highest BCUT2D eigenvalue weighted by atomic mass is 16.2. The molecule has 0 spiro atoms. The Hall–Kier alpha value is -1.98. The Balaban J connectivity index is 2.67. The van der Waals surface area contributed by atoms with E-state index in [1.54, 1.807) is 27.9 Å².